The molecule has 4 nitrogen and oxygen atoms in total. The Labute approximate surface area is 120 Å². The first-order valence-corrected chi connectivity index (χ1v) is 5.64. The van der Waals surface area contributed by atoms with Crippen molar-refractivity contribution in [3.8, 4) is 0 Å². The Morgan fingerprint density at radius 2 is 2.17 bits per heavy atom. The van der Waals surface area contributed by atoms with Crippen molar-refractivity contribution in [3.05, 3.63) is 29.6 Å². The van der Waals surface area contributed by atoms with Crippen molar-refractivity contribution in [3.63, 3.8) is 0 Å². The molecule has 0 radical (unpaired) electrons. The first kappa shape index (κ1) is 17.2. The van der Waals surface area contributed by atoms with Crippen LogP contribution in [0.4, 0.5) is 0 Å². The minimum Gasteiger partial charge on any atom is -0.332 e. The number of amides is 1. The molecule has 0 aromatic carbocycles. The molecule has 2 rings (SSSR count). The zero-order valence-electron chi connectivity index (χ0n) is 10.5. The van der Waals surface area contributed by atoms with Gasteiger partial charge in [-0.25, -0.2) is 4.98 Å². The van der Waals surface area contributed by atoms with E-state index in [9.17, 15) is 4.79 Å². The van der Waals surface area contributed by atoms with Crippen LogP contribution in [0.5, 0.6) is 0 Å². The number of rotatable bonds is 1. The molecular weight excluding hydrogens is 273 g/mol. The Morgan fingerprint density at radius 3 is 2.78 bits per heavy atom. The summed E-state index contributed by atoms with van der Waals surface area (Å²) in [6, 6.07) is 5.80. The van der Waals surface area contributed by atoms with Crippen LogP contribution in [0.1, 0.15) is 23.1 Å². The van der Waals surface area contributed by atoms with Crippen LogP contribution in [0.25, 0.3) is 0 Å². The van der Waals surface area contributed by atoms with E-state index in [4.69, 9.17) is 0 Å². The molecule has 2 heterocycles. The third kappa shape index (κ3) is 3.83. The smallest absolute Gasteiger partial charge is 0.272 e. The van der Waals surface area contributed by atoms with Gasteiger partial charge in [0.25, 0.3) is 5.91 Å². The van der Waals surface area contributed by atoms with Crippen molar-refractivity contribution >= 4 is 30.7 Å². The van der Waals surface area contributed by atoms with Crippen molar-refractivity contribution in [2.75, 3.05) is 19.6 Å². The number of hydrogen-bond acceptors (Lipinski definition) is 3. The third-order valence-corrected chi connectivity index (χ3v) is 2.87. The fourth-order valence-electron chi connectivity index (χ4n) is 1.95. The Balaban J connectivity index is 0.00000144. The van der Waals surface area contributed by atoms with Crippen LogP contribution in [0.2, 0.25) is 0 Å². The van der Waals surface area contributed by atoms with Crippen molar-refractivity contribution < 1.29 is 4.79 Å². The van der Waals surface area contributed by atoms with Gasteiger partial charge in [0.05, 0.1) is 0 Å². The first-order chi connectivity index (χ1) is 7.68. The maximum atomic E-state index is 12.2. The van der Waals surface area contributed by atoms with Gasteiger partial charge in [0.1, 0.15) is 5.69 Å². The summed E-state index contributed by atoms with van der Waals surface area (Å²) in [7, 11) is 0. The number of halogens is 2. The summed E-state index contributed by atoms with van der Waals surface area (Å²) in [6.07, 6.45) is 0. The number of carbonyl (C=O) groups excluding carboxylic acids is 1. The molecular formula is C12H19Cl2N3O. The Bertz CT molecular complexity index is 401. The second-order valence-electron chi connectivity index (χ2n) is 4.22. The number of aromatic nitrogens is 1. The second kappa shape index (κ2) is 7.56. The van der Waals surface area contributed by atoms with E-state index in [0.717, 1.165) is 25.3 Å². The standard InChI is InChI=1S/C12H17N3O.2ClH/c1-9-4-3-5-11(14-9)12(16)15-7-6-13-8-10(15)2;;/h3-5,10,13H,6-8H2,1-2H3;2*1H/t10-;;/m1../s1. The van der Waals surface area contributed by atoms with Gasteiger partial charge < -0.3 is 10.2 Å². The van der Waals surface area contributed by atoms with Gasteiger partial charge in [0.2, 0.25) is 0 Å². The van der Waals surface area contributed by atoms with Gasteiger partial charge in [-0.1, -0.05) is 6.07 Å². The molecule has 1 aromatic heterocycles. The van der Waals surface area contributed by atoms with E-state index in [1.807, 2.05) is 24.0 Å². The molecule has 1 atom stereocenters. The lowest BCUT2D eigenvalue weighted by atomic mass is 10.2. The lowest BCUT2D eigenvalue weighted by Crippen LogP contribution is -2.52. The average molecular weight is 292 g/mol. The van der Waals surface area contributed by atoms with Gasteiger partial charge in [-0.2, -0.15) is 0 Å². The van der Waals surface area contributed by atoms with Gasteiger partial charge in [0, 0.05) is 31.4 Å². The molecule has 1 saturated heterocycles. The minimum atomic E-state index is 0. The normalized spacial score (nSPS) is 18.6. The van der Waals surface area contributed by atoms with Gasteiger partial charge >= 0.3 is 0 Å². The Kier molecular flexibility index (Phi) is 7.21. The van der Waals surface area contributed by atoms with Gasteiger partial charge in [-0.3, -0.25) is 4.79 Å². The summed E-state index contributed by atoms with van der Waals surface area (Å²) in [4.78, 5) is 18.4. The van der Waals surface area contributed by atoms with E-state index in [-0.39, 0.29) is 36.8 Å². The molecule has 1 fully saturated rings. The van der Waals surface area contributed by atoms with E-state index in [1.165, 1.54) is 0 Å². The molecule has 1 aliphatic rings. The van der Waals surface area contributed by atoms with Crippen molar-refractivity contribution in [2.24, 2.45) is 0 Å². The van der Waals surface area contributed by atoms with Crippen molar-refractivity contribution in [1.29, 1.82) is 0 Å². The SMILES string of the molecule is Cc1cccc(C(=O)N2CCNC[C@H]2C)n1.Cl.Cl. The van der Waals surface area contributed by atoms with Gasteiger partial charge in [0.15, 0.2) is 0 Å². The van der Waals surface area contributed by atoms with Crippen LogP contribution < -0.4 is 5.32 Å². The lowest BCUT2D eigenvalue weighted by Gasteiger charge is -2.33. The first-order valence-electron chi connectivity index (χ1n) is 5.64. The molecule has 0 saturated carbocycles. The molecule has 0 bridgehead atoms. The predicted molar refractivity (Wildman–Crippen MR) is 76.8 cm³/mol. The summed E-state index contributed by atoms with van der Waals surface area (Å²) in [5.41, 5.74) is 1.43. The number of nitrogens with one attached hydrogen (secondary N) is 1. The zero-order valence-corrected chi connectivity index (χ0v) is 12.2. The average Bonchev–Trinajstić information content (AvgIpc) is 2.29. The summed E-state index contributed by atoms with van der Waals surface area (Å²) < 4.78 is 0. The minimum absolute atomic E-state index is 0. The number of aryl methyl sites for hydroxylation is 1. The molecule has 0 spiro atoms. The highest BCUT2D eigenvalue weighted by Gasteiger charge is 2.24. The molecule has 1 aliphatic heterocycles. The Hall–Kier alpha value is -0.840. The summed E-state index contributed by atoms with van der Waals surface area (Å²) in [6.45, 7) is 6.44. The van der Waals surface area contributed by atoms with E-state index in [0.29, 0.717) is 5.69 Å². The van der Waals surface area contributed by atoms with Crippen LogP contribution in [-0.4, -0.2) is 41.5 Å². The highest BCUT2D eigenvalue weighted by Crippen LogP contribution is 2.09. The number of carbonyl (C=O) groups is 1. The predicted octanol–water partition coefficient (Wildman–Crippen LogP) is 1.67. The molecule has 0 aliphatic carbocycles. The summed E-state index contributed by atoms with van der Waals surface area (Å²) in [5.74, 6) is 0.0395. The van der Waals surface area contributed by atoms with Crippen LogP contribution in [-0.2, 0) is 0 Å². The maximum Gasteiger partial charge on any atom is 0.272 e. The van der Waals surface area contributed by atoms with Gasteiger partial charge in [-0.05, 0) is 26.0 Å². The molecule has 0 unspecified atom stereocenters. The maximum absolute atomic E-state index is 12.2. The third-order valence-electron chi connectivity index (χ3n) is 2.87. The number of piperazine rings is 1. The fraction of sp³-hybridized carbons (Fsp3) is 0.500. The summed E-state index contributed by atoms with van der Waals surface area (Å²) >= 11 is 0. The largest absolute Gasteiger partial charge is 0.332 e. The van der Waals surface area contributed by atoms with E-state index >= 15 is 0 Å². The van der Waals surface area contributed by atoms with Crippen LogP contribution in [0, 0.1) is 6.92 Å². The second-order valence-corrected chi connectivity index (χ2v) is 4.22. The lowest BCUT2D eigenvalue weighted by molar-refractivity contribution is 0.0649. The van der Waals surface area contributed by atoms with Crippen molar-refractivity contribution in [1.82, 2.24) is 15.2 Å². The molecule has 6 heteroatoms. The fourth-order valence-corrected chi connectivity index (χ4v) is 1.95. The Morgan fingerprint density at radius 1 is 1.44 bits per heavy atom. The topological polar surface area (TPSA) is 45.2 Å². The molecule has 1 amide bonds. The zero-order chi connectivity index (χ0) is 11.5. The number of hydrogen-bond donors (Lipinski definition) is 1. The molecule has 1 aromatic rings. The quantitative estimate of drug-likeness (QED) is 0.856. The molecule has 18 heavy (non-hydrogen) atoms. The van der Waals surface area contributed by atoms with E-state index in [2.05, 4.69) is 17.2 Å². The highest BCUT2D eigenvalue weighted by atomic mass is 35.5. The molecule has 102 valence electrons. The van der Waals surface area contributed by atoms with Crippen LogP contribution >= 0.6 is 24.8 Å². The van der Waals surface area contributed by atoms with Crippen LogP contribution in [0.15, 0.2) is 18.2 Å². The summed E-state index contributed by atoms with van der Waals surface area (Å²) in [5, 5.41) is 3.27. The van der Waals surface area contributed by atoms with E-state index in [1.54, 1.807) is 6.07 Å². The van der Waals surface area contributed by atoms with Gasteiger partial charge in [-0.15, -0.1) is 24.8 Å². The number of pyridine rings is 1. The van der Waals surface area contributed by atoms with Crippen LogP contribution in [0.3, 0.4) is 0 Å². The van der Waals surface area contributed by atoms with Crippen molar-refractivity contribution in [2.45, 2.75) is 19.9 Å². The highest BCUT2D eigenvalue weighted by molar-refractivity contribution is 5.92. The van der Waals surface area contributed by atoms with E-state index < -0.39 is 0 Å². The number of nitrogens with zero attached hydrogens (tertiary/aromatic N) is 2. The molecule has 1 N–H and O–H groups in total. The monoisotopic (exact) mass is 291 g/mol.